The molecule has 2 atom stereocenters. The van der Waals surface area contributed by atoms with Crippen molar-refractivity contribution in [2.75, 3.05) is 36.5 Å². The summed E-state index contributed by atoms with van der Waals surface area (Å²) in [6, 6.07) is 17.3. The monoisotopic (exact) mass is 377 g/mol. The maximum absolute atomic E-state index is 13.1. The van der Waals surface area contributed by atoms with E-state index in [2.05, 4.69) is 51.5 Å². The number of anilines is 2. The summed E-state index contributed by atoms with van der Waals surface area (Å²) < 4.78 is 5.59. The number of nitrogens with zero attached hydrogens (tertiary/aromatic N) is 2. The number of carbonyl (C=O) groups is 1. The van der Waals surface area contributed by atoms with Crippen molar-refractivity contribution < 1.29 is 9.53 Å². The molecule has 2 unspecified atom stereocenters. The average Bonchev–Trinajstić information content (AvgIpc) is 3.56. The first-order chi connectivity index (χ1) is 13.7. The minimum absolute atomic E-state index is 0.0204. The van der Waals surface area contributed by atoms with Crippen molar-refractivity contribution >= 4 is 17.3 Å². The molecular weight excluding hydrogens is 350 g/mol. The zero-order valence-corrected chi connectivity index (χ0v) is 16.3. The van der Waals surface area contributed by atoms with Crippen molar-refractivity contribution in [2.24, 2.45) is 5.92 Å². The average molecular weight is 377 g/mol. The normalized spacial score (nSPS) is 23.6. The van der Waals surface area contributed by atoms with Gasteiger partial charge in [-0.25, -0.2) is 0 Å². The van der Waals surface area contributed by atoms with Crippen molar-refractivity contribution in [3.63, 3.8) is 0 Å². The van der Waals surface area contributed by atoms with E-state index < -0.39 is 0 Å². The third-order valence-corrected chi connectivity index (χ3v) is 6.31. The number of rotatable bonds is 4. The fourth-order valence-electron chi connectivity index (χ4n) is 4.70. The van der Waals surface area contributed by atoms with Gasteiger partial charge in [-0.05, 0) is 43.0 Å². The molecule has 1 amide bonds. The van der Waals surface area contributed by atoms with Gasteiger partial charge < -0.3 is 19.9 Å². The van der Waals surface area contributed by atoms with Crippen molar-refractivity contribution in [1.82, 2.24) is 5.32 Å². The van der Waals surface area contributed by atoms with E-state index in [4.69, 9.17) is 4.74 Å². The maximum Gasteiger partial charge on any atom is 0.225 e. The van der Waals surface area contributed by atoms with Gasteiger partial charge in [0.1, 0.15) is 5.75 Å². The van der Waals surface area contributed by atoms with Crippen molar-refractivity contribution in [3.8, 4) is 5.75 Å². The molecule has 1 N–H and O–H groups in total. The van der Waals surface area contributed by atoms with E-state index in [1.165, 1.54) is 11.3 Å². The van der Waals surface area contributed by atoms with Gasteiger partial charge in [-0.15, -0.1) is 0 Å². The van der Waals surface area contributed by atoms with Crippen molar-refractivity contribution in [1.29, 1.82) is 0 Å². The number of piperazine rings is 1. The first-order valence-corrected chi connectivity index (χ1v) is 10.3. The molecule has 0 radical (unpaired) electrons. The Balaban J connectivity index is 1.46. The summed E-state index contributed by atoms with van der Waals surface area (Å²) in [4.78, 5) is 17.9. The largest absolute Gasteiger partial charge is 0.495 e. The van der Waals surface area contributed by atoms with Gasteiger partial charge in [-0.2, -0.15) is 0 Å². The van der Waals surface area contributed by atoms with Crippen LogP contribution in [0, 0.1) is 5.92 Å². The Bertz CT molecular complexity index is 880. The molecule has 0 spiro atoms. The predicted molar refractivity (Wildman–Crippen MR) is 111 cm³/mol. The van der Waals surface area contributed by atoms with Crippen LogP contribution in [0.25, 0.3) is 0 Å². The Morgan fingerprint density at radius 3 is 2.57 bits per heavy atom. The third kappa shape index (κ3) is 3.09. The van der Waals surface area contributed by atoms with Crippen LogP contribution in [0.2, 0.25) is 0 Å². The van der Waals surface area contributed by atoms with E-state index in [0.717, 1.165) is 50.3 Å². The summed E-state index contributed by atoms with van der Waals surface area (Å²) in [5, 5.41) is 3.26. The number of para-hydroxylation sites is 3. The Morgan fingerprint density at radius 2 is 1.79 bits per heavy atom. The summed E-state index contributed by atoms with van der Waals surface area (Å²) >= 11 is 0. The van der Waals surface area contributed by atoms with Crippen LogP contribution in [0.5, 0.6) is 5.75 Å². The van der Waals surface area contributed by atoms with E-state index in [9.17, 15) is 4.79 Å². The van der Waals surface area contributed by atoms with Crippen LogP contribution in [0.15, 0.2) is 48.5 Å². The smallest absolute Gasteiger partial charge is 0.225 e. The molecule has 0 aromatic heterocycles. The van der Waals surface area contributed by atoms with Crippen LogP contribution < -0.4 is 19.9 Å². The Hall–Kier alpha value is -2.69. The number of hydrogen-bond donors (Lipinski definition) is 1. The molecule has 5 nitrogen and oxygen atoms in total. The number of fused-ring (bicyclic) bond motifs is 3. The van der Waals surface area contributed by atoms with Crippen LogP contribution in [-0.2, 0) is 11.2 Å². The van der Waals surface area contributed by atoms with Gasteiger partial charge in [0.15, 0.2) is 0 Å². The fourth-order valence-corrected chi connectivity index (χ4v) is 4.70. The van der Waals surface area contributed by atoms with Crippen LogP contribution in [0.4, 0.5) is 11.4 Å². The van der Waals surface area contributed by atoms with E-state index in [1.807, 2.05) is 12.1 Å². The number of carbonyl (C=O) groups excluding carboxylic acids is 1. The molecule has 2 aromatic rings. The molecule has 2 aliphatic heterocycles. The molecule has 2 heterocycles. The standard InChI is InChI=1S/C23H27N3O2/c1-28-22-9-5-4-8-20(22)25-12-13-26-19-7-3-2-6-16(19)14-18(21(26)15-25)23(27)24-17-10-11-17/h2-9,17-18,21H,10-15H2,1H3,(H,24,27). The van der Waals surface area contributed by atoms with Gasteiger partial charge in [-0.1, -0.05) is 30.3 Å². The quantitative estimate of drug-likeness (QED) is 0.890. The first kappa shape index (κ1) is 17.4. The second kappa shape index (κ2) is 7.04. The number of amides is 1. The fraction of sp³-hybridized carbons (Fsp3) is 0.435. The Kier molecular flexibility index (Phi) is 4.38. The summed E-state index contributed by atoms with van der Waals surface area (Å²) in [7, 11) is 1.72. The van der Waals surface area contributed by atoms with Gasteiger partial charge >= 0.3 is 0 Å². The molecule has 28 heavy (non-hydrogen) atoms. The van der Waals surface area contributed by atoms with Crippen LogP contribution >= 0.6 is 0 Å². The molecule has 1 saturated heterocycles. The zero-order chi connectivity index (χ0) is 19.1. The molecule has 2 aromatic carbocycles. The molecule has 5 heteroatoms. The van der Waals surface area contributed by atoms with Crippen molar-refractivity contribution in [2.45, 2.75) is 31.3 Å². The lowest BCUT2D eigenvalue weighted by molar-refractivity contribution is -0.126. The second-order valence-corrected chi connectivity index (χ2v) is 8.10. The lowest BCUT2D eigenvalue weighted by atomic mass is 9.83. The van der Waals surface area contributed by atoms with E-state index >= 15 is 0 Å². The number of hydrogen-bond acceptors (Lipinski definition) is 4. The molecule has 3 aliphatic rings. The summed E-state index contributed by atoms with van der Waals surface area (Å²) in [6.07, 6.45) is 3.06. The van der Waals surface area contributed by atoms with Gasteiger partial charge in [0.2, 0.25) is 5.91 Å². The van der Waals surface area contributed by atoms with E-state index in [0.29, 0.717) is 6.04 Å². The second-order valence-electron chi connectivity index (χ2n) is 8.10. The molecular formula is C23H27N3O2. The molecule has 146 valence electrons. The number of nitrogens with one attached hydrogen (secondary N) is 1. The SMILES string of the molecule is COc1ccccc1N1CCN2c3ccccc3CC(C(=O)NC3CC3)C2C1. The highest BCUT2D eigenvalue weighted by Crippen LogP contribution is 2.38. The van der Waals surface area contributed by atoms with E-state index in [-0.39, 0.29) is 17.9 Å². The number of benzene rings is 2. The molecule has 5 rings (SSSR count). The summed E-state index contributed by atoms with van der Waals surface area (Å²) in [5.41, 5.74) is 3.70. The molecule has 2 fully saturated rings. The summed E-state index contributed by atoms with van der Waals surface area (Å²) in [6.45, 7) is 2.66. The topological polar surface area (TPSA) is 44.8 Å². The number of ether oxygens (including phenoxy) is 1. The Morgan fingerprint density at radius 1 is 1.04 bits per heavy atom. The lowest BCUT2D eigenvalue weighted by Crippen LogP contribution is -2.61. The maximum atomic E-state index is 13.1. The predicted octanol–water partition coefficient (Wildman–Crippen LogP) is 2.84. The lowest BCUT2D eigenvalue weighted by Gasteiger charge is -2.49. The molecule has 1 aliphatic carbocycles. The highest BCUT2D eigenvalue weighted by Gasteiger charge is 2.42. The number of methoxy groups -OCH3 is 1. The van der Waals surface area contributed by atoms with Crippen molar-refractivity contribution in [3.05, 3.63) is 54.1 Å². The minimum Gasteiger partial charge on any atom is -0.495 e. The highest BCUT2D eigenvalue weighted by molar-refractivity contribution is 5.83. The van der Waals surface area contributed by atoms with Crippen LogP contribution in [-0.4, -0.2) is 44.7 Å². The van der Waals surface area contributed by atoms with Gasteiger partial charge in [0.25, 0.3) is 0 Å². The van der Waals surface area contributed by atoms with E-state index in [1.54, 1.807) is 7.11 Å². The first-order valence-electron chi connectivity index (χ1n) is 10.3. The van der Waals surface area contributed by atoms with Gasteiger partial charge in [0.05, 0.1) is 24.8 Å². The van der Waals surface area contributed by atoms with Gasteiger partial charge in [0, 0.05) is 31.4 Å². The molecule has 0 bridgehead atoms. The summed E-state index contributed by atoms with van der Waals surface area (Å²) in [5.74, 6) is 1.09. The third-order valence-electron chi connectivity index (χ3n) is 6.31. The zero-order valence-electron chi connectivity index (χ0n) is 16.3. The Labute approximate surface area is 166 Å². The molecule has 1 saturated carbocycles. The van der Waals surface area contributed by atoms with Gasteiger partial charge in [-0.3, -0.25) is 4.79 Å². The van der Waals surface area contributed by atoms with Crippen LogP contribution in [0.1, 0.15) is 18.4 Å². The van der Waals surface area contributed by atoms with Crippen LogP contribution in [0.3, 0.4) is 0 Å². The highest BCUT2D eigenvalue weighted by atomic mass is 16.5. The minimum atomic E-state index is -0.0204.